The van der Waals surface area contributed by atoms with Crippen LogP contribution in [0.15, 0.2) is 0 Å². The first-order valence-corrected chi connectivity index (χ1v) is 6.18. The zero-order chi connectivity index (χ0) is 12.3. The van der Waals surface area contributed by atoms with Crippen LogP contribution in [0, 0.1) is 5.92 Å². The molecule has 1 rings (SSSR count). The van der Waals surface area contributed by atoms with Gasteiger partial charge in [-0.2, -0.15) is 0 Å². The summed E-state index contributed by atoms with van der Waals surface area (Å²) in [6.45, 7) is 6.06. The van der Waals surface area contributed by atoms with Crippen molar-refractivity contribution in [2.45, 2.75) is 38.8 Å². The molecule has 0 aromatic carbocycles. The second-order valence-electron chi connectivity index (χ2n) is 5.02. The summed E-state index contributed by atoms with van der Waals surface area (Å²) in [5, 5.41) is 0. The number of nitrogens with two attached hydrogens (primary N) is 1. The van der Waals surface area contributed by atoms with Crippen LogP contribution in [0.2, 0.25) is 0 Å². The van der Waals surface area contributed by atoms with Crippen molar-refractivity contribution in [1.82, 2.24) is 9.80 Å². The number of amides is 1. The average Bonchev–Trinajstić information content (AvgIpc) is 2.27. The molecule has 2 N–H and O–H groups in total. The first-order valence-electron chi connectivity index (χ1n) is 6.18. The van der Waals surface area contributed by atoms with Gasteiger partial charge in [0.1, 0.15) is 0 Å². The maximum atomic E-state index is 11.9. The van der Waals surface area contributed by atoms with Gasteiger partial charge in [-0.1, -0.05) is 13.3 Å². The topological polar surface area (TPSA) is 49.6 Å². The first kappa shape index (κ1) is 13.5. The smallest absolute Gasteiger partial charge is 0.239 e. The Kier molecular flexibility index (Phi) is 4.74. The Morgan fingerprint density at radius 3 is 2.69 bits per heavy atom. The minimum absolute atomic E-state index is 0.0171. The molecule has 1 amide bonds. The Labute approximate surface area is 98.8 Å². The van der Waals surface area contributed by atoms with E-state index < -0.39 is 0 Å². The summed E-state index contributed by atoms with van der Waals surface area (Å²) in [4.78, 5) is 15.8. The second kappa shape index (κ2) is 5.64. The second-order valence-corrected chi connectivity index (χ2v) is 5.02. The number of hydrogen-bond donors (Lipinski definition) is 1. The van der Waals surface area contributed by atoms with Crippen LogP contribution in [0.3, 0.4) is 0 Å². The summed E-state index contributed by atoms with van der Waals surface area (Å²) in [6, 6.07) is 0.291. The number of nitrogens with zero attached hydrogens (tertiary/aromatic N) is 2. The van der Waals surface area contributed by atoms with Gasteiger partial charge in [-0.05, 0) is 19.3 Å². The van der Waals surface area contributed by atoms with E-state index in [1.165, 1.54) is 0 Å². The van der Waals surface area contributed by atoms with E-state index in [9.17, 15) is 4.79 Å². The molecule has 1 heterocycles. The zero-order valence-corrected chi connectivity index (χ0v) is 10.9. The van der Waals surface area contributed by atoms with Crippen molar-refractivity contribution < 1.29 is 4.79 Å². The van der Waals surface area contributed by atoms with Gasteiger partial charge in [-0.3, -0.25) is 9.69 Å². The lowest BCUT2D eigenvalue weighted by atomic mass is 9.90. The van der Waals surface area contributed by atoms with E-state index in [4.69, 9.17) is 5.73 Å². The highest BCUT2D eigenvalue weighted by atomic mass is 16.2. The number of hydrogen-bond acceptors (Lipinski definition) is 3. The molecule has 0 bridgehead atoms. The molecule has 0 radical (unpaired) electrons. The van der Waals surface area contributed by atoms with E-state index in [2.05, 4.69) is 11.8 Å². The van der Waals surface area contributed by atoms with Gasteiger partial charge in [-0.25, -0.2) is 0 Å². The van der Waals surface area contributed by atoms with Crippen molar-refractivity contribution in [3.05, 3.63) is 0 Å². The third-order valence-electron chi connectivity index (χ3n) is 3.69. The van der Waals surface area contributed by atoms with Crippen LogP contribution in [0.1, 0.15) is 26.7 Å². The highest BCUT2D eigenvalue weighted by Gasteiger charge is 2.30. The molecule has 1 saturated heterocycles. The van der Waals surface area contributed by atoms with Crippen molar-refractivity contribution >= 4 is 5.91 Å². The predicted molar refractivity (Wildman–Crippen MR) is 66.1 cm³/mol. The van der Waals surface area contributed by atoms with Gasteiger partial charge in [-0.15, -0.1) is 0 Å². The monoisotopic (exact) mass is 227 g/mol. The quantitative estimate of drug-likeness (QED) is 0.765. The number of likely N-dealkylation sites (tertiary alicyclic amines) is 1. The van der Waals surface area contributed by atoms with Crippen LogP contribution in [-0.2, 0) is 4.79 Å². The molecule has 0 spiro atoms. The number of carbonyl (C=O) groups is 1. The van der Waals surface area contributed by atoms with E-state index in [0.29, 0.717) is 12.0 Å². The Morgan fingerprint density at radius 2 is 2.19 bits per heavy atom. The van der Waals surface area contributed by atoms with E-state index >= 15 is 0 Å². The third kappa shape index (κ3) is 2.95. The van der Waals surface area contributed by atoms with Crippen molar-refractivity contribution in [3.63, 3.8) is 0 Å². The van der Waals surface area contributed by atoms with E-state index in [-0.39, 0.29) is 11.9 Å². The lowest BCUT2D eigenvalue weighted by Crippen LogP contribution is -2.53. The molecule has 4 nitrogen and oxygen atoms in total. The molecular weight excluding hydrogens is 202 g/mol. The fraction of sp³-hybridized carbons (Fsp3) is 0.917. The average molecular weight is 227 g/mol. The number of likely N-dealkylation sites (N-methyl/N-ethyl adjacent to an activating group) is 1. The molecule has 0 aromatic heterocycles. The molecule has 4 heteroatoms. The van der Waals surface area contributed by atoms with Crippen LogP contribution in [0.25, 0.3) is 0 Å². The maximum Gasteiger partial charge on any atom is 0.239 e. The Morgan fingerprint density at radius 1 is 1.56 bits per heavy atom. The highest BCUT2D eigenvalue weighted by molar-refractivity contribution is 5.80. The number of carbonyl (C=O) groups excluding carboxylic acids is 1. The zero-order valence-electron chi connectivity index (χ0n) is 10.9. The van der Waals surface area contributed by atoms with Gasteiger partial charge in [0, 0.05) is 33.2 Å². The van der Waals surface area contributed by atoms with Crippen molar-refractivity contribution in [2.24, 2.45) is 11.7 Å². The molecule has 16 heavy (non-hydrogen) atoms. The molecule has 94 valence electrons. The molecular formula is C12H25N3O. The van der Waals surface area contributed by atoms with Gasteiger partial charge in [0.2, 0.25) is 5.91 Å². The first-order chi connectivity index (χ1) is 7.47. The van der Waals surface area contributed by atoms with Crippen LogP contribution in [-0.4, -0.2) is 55.0 Å². The van der Waals surface area contributed by atoms with E-state index in [1.54, 1.807) is 4.90 Å². The number of piperidine rings is 1. The fourth-order valence-electron chi connectivity index (χ4n) is 2.39. The summed E-state index contributed by atoms with van der Waals surface area (Å²) >= 11 is 0. The Bertz CT molecular complexity index is 242. The third-order valence-corrected chi connectivity index (χ3v) is 3.69. The summed E-state index contributed by atoms with van der Waals surface area (Å²) in [6.07, 6.45) is 2.10. The molecule has 3 unspecified atom stereocenters. The Balaban J connectivity index is 2.58. The lowest BCUT2D eigenvalue weighted by molar-refractivity contribution is -0.134. The highest BCUT2D eigenvalue weighted by Crippen LogP contribution is 2.20. The normalized spacial score (nSPS) is 28.8. The maximum absolute atomic E-state index is 11.9. The lowest BCUT2D eigenvalue weighted by Gasteiger charge is -2.39. The van der Waals surface area contributed by atoms with Gasteiger partial charge in [0.25, 0.3) is 0 Å². The van der Waals surface area contributed by atoms with Gasteiger partial charge in [0.05, 0.1) is 6.04 Å². The van der Waals surface area contributed by atoms with Crippen molar-refractivity contribution in [3.8, 4) is 0 Å². The minimum Gasteiger partial charge on any atom is -0.347 e. The summed E-state index contributed by atoms with van der Waals surface area (Å²) < 4.78 is 0. The number of rotatable bonds is 3. The van der Waals surface area contributed by atoms with E-state index in [1.807, 2.05) is 21.0 Å². The van der Waals surface area contributed by atoms with E-state index in [0.717, 1.165) is 25.9 Å². The SMILES string of the molecule is CCC1CN(C(C)C(=O)N(C)C)CCC1N. The van der Waals surface area contributed by atoms with Crippen LogP contribution >= 0.6 is 0 Å². The van der Waals surface area contributed by atoms with Crippen LogP contribution in [0.4, 0.5) is 0 Å². The van der Waals surface area contributed by atoms with Crippen LogP contribution in [0.5, 0.6) is 0 Å². The molecule has 0 aromatic rings. The summed E-state index contributed by atoms with van der Waals surface area (Å²) in [5.74, 6) is 0.719. The molecule has 0 saturated carbocycles. The fourth-order valence-corrected chi connectivity index (χ4v) is 2.39. The molecule has 0 aliphatic carbocycles. The summed E-state index contributed by atoms with van der Waals surface area (Å²) in [5.41, 5.74) is 6.07. The van der Waals surface area contributed by atoms with Gasteiger partial charge < -0.3 is 10.6 Å². The van der Waals surface area contributed by atoms with Gasteiger partial charge >= 0.3 is 0 Å². The minimum atomic E-state index is -0.0171. The largest absolute Gasteiger partial charge is 0.347 e. The van der Waals surface area contributed by atoms with Gasteiger partial charge in [0.15, 0.2) is 0 Å². The van der Waals surface area contributed by atoms with Crippen LogP contribution < -0.4 is 5.73 Å². The van der Waals surface area contributed by atoms with Crippen molar-refractivity contribution in [2.75, 3.05) is 27.2 Å². The Hall–Kier alpha value is -0.610. The molecule has 1 aliphatic rings. The molecule has 1 aliphatic heterocycles. The molecule has 1 fully saturated rings. The van der Waals surface area contributed by atoms with Crippen molar-refractivity contribution in [1.29, 1.82) is 0 Å². The predicted octanol–water partition coefficient (Wildman–Crippen LogP) is 0.522. The summed E-state index contributed by atoms with van der Waals surface area (Å²) in [7, 11) is 3.62. The standard InChI is InChI=1S/C12H25N3O/c1-5-10-8-15(7-6-11(10)13)9(2)12(16)14(3)4/h9-11H,5-8,13H2,1-4H3. The molecule has 3 atom stereocenters.